The standard InChI is InChI=1S/C9H9FO2/c1-6(12-2)8-5-7(10)3-4-9(8)11/h3-5,11H,1H2,2H3. The Balaban J connectivity index is 3.13. The van der Waals surface area contributed by atoms with E-state index in [1.54, 1.807) is 0 Å². The summed E-state index contributed by atoms with van der Waals surface area (Å²) in [6.07, 6.45) is 0. The normalized spacial score (nSPS) is 9.50. The van der Waals surface area contributed by atoms with Gasteiger partial charge in [0.15, 0.2) is 0 Å². The smallest absolute Gasteiger partial charge is 0.126 e. The van der Waals surface area contributed by atoms with Gasteiger partial charge >= 0.3 is 0 Å². The molecular formula is C9H9FO2. The van der Waals surface area contributed by atoms with Crippen LogP contribution in [-0.2, 0) is 4.74 Å². The van der Waals surface area contributed by atoms with Gasteiger partial charge in [0.05, 0.1) is 12.7 Å². The highest BCUT2D eigenvalue weighted by Crippen LogP contribution is 2.24. The lowest BCUT2D eigenvalue weighted by molar-refractivity contribution is 0.366. The van der Waals surface area contributed by atoms with E-state index < -0.39 is 5.82 Å². The van der Waals surface area contributed by atoms with Gasteiger partial charge in [0.25, 0.3) is 0 Å². The maximum absolute atomic E-state index is 12.6. The van der Waals surface area contributed by atoms with E-state index in [0.29, 0.717) is 0 Å². The number of methoxy groups -OCH3 is 1. The molecule has 0 spiro atoms. The number of halogens is 1. The Morgan fingerprint density at radius 1 is 1.58 bits per heavy atom. The number of phenols is 1. The number of rotatable bonds is 2. The summed E-state index contributed by atoms with van der Waals surface area (Å²) in [6.45, 7) is 3.50. The third-order valence-corrected chi connectivity index (χ3v) is 1.51. The third kappa shape index (κ3) is 1.56. The molecule has 3 heteroatoms. The number of hydrogen-bond donors (Lipinski definition) is 1. The van der Waals surface area contributed by atoms with Crippen molar-refractivity contribution in [1.29, 1.82) is 0 Å². The monoisotopic (exact) mass is 168 g/mol. The second kappa shape index (κ2) is 3.26. The van der Waals surface area contributed by atoms with E-state index in [-0.39, 0.29) is 17.1 Å². The van der Waals surface area contributed by atoms with Crippen LogP contribution in [-0.4, -0.2) is 12.2 Å². The molecule has 0 saturated carbocycles. The second-order valence-electron chi connectivity index (χ2n) is 2.29. The van der Waals surface area contributed by atoms with E-state index >= 15 is 0 Å². The first-order valence-electron chi connectivity index (χ1n) is 3.37. The van der Waals surface area contributed by atoms with E-state index in [1.165, 1.54) is 25.3 Å². The van der Waals surface area contributed by atoms with Crippen LogP contribution < -0.4 is 0 Å². The Bertz CT molecular complexity index is 307. The number of aromatic hydroxyl groups is 1. The van der Waals surface area contributed by atoms with Gasteiger partial charge in [-0.3, -0.25) is 0 Å². The minimum atomic E-state index is -0.430. The highest BCUT2D eigenvalue weighted by molar-refractivity contribution is 5.63. The Labute approximate surface area is 69.9 Å². The van der Waals surface area contributed by atoms with Crippen LogP contribution in [0.5, 0.6) is 5.75 Å². The molecule has 1 rings (SSSR count). The number of phenolic OH excluding ortho intramolecular Hbond substituents is 1. The van der Waals surface area contributed by atoms with E-state index in [1.807, 2.05) is 0 Å². The molecule has 0 atom stereocenters. The lowest BCUT2D eigenvalue weighted by Crippen LogP contribution is -1.87. The van der Waals surface area contributed by atoms with Gasteiger partial charge in [0.2, 0.25) is 0 Å². The van der Waals surface area contributed by atoms with E-state index in [2.05, 4.69) is 6.58 Å². The largest absolute Gasteiger partial charge is 0.507 e. The molecule has 1 aromatic carbocycles. The van der Waals surface area contributed by atoms with E-state index in [0.717, 1.165) is 0 Å². The molecule has 0 radical (unpaired) electrons. The Morgan fingerprint density at radius 2 is 2.25 bits per heavy atom. The maximum atomic E-state index is 12.6. The van der Waals surface area contributed by atoms with Crippen LogP contribution in [0, 0.1) is 5.82 Å². The zero-order valence-corrected chi connectivity index (χ0v) is 6.67. The summed E-state index contributed by atoms with van der Waals surface area (Å²) in [5, 5.41) is 9.23. The first kappa shape index (κ1) is 8.59. The van der Waals surface area contributed by atoms with E-state index in [4.69, 9.17) is 4.74 Å². The molecule has 1 N–H and O–H groups in total. The first-order valence-corrected chi connectivity index (χ1v) is 3.37. The number of ether oxygens (including phenoxy) is 1. The quantitative estimate of drug-likeness (QED) is 0.685. The van der Waals surface area contributed by atoms with Gasteiger partial charge in [-0.2, -0.15) is 0 Å². The summed E-state index contributed by atoms with van der Waals surface area (Å²) in [5.74, 6) is -0.226. The van der Waals surface area contributed by atoms with E-state index in [9.17, 15) is 9.50 Å². The highest BCUT2D eigenvalue weighted by atomic mass is 19.1. The number of benzene rings is 1. The lowest BCUT2D eigenvalue weighted by Gasteiger charge is -2.05. The Morgan fingerprint density at radius 3 is 2.83 bits per heavy atom. The van der Waals surface area contributed by atoms with Crippen molar-refractivity contribution in [3.05, 3.63) is 36.2 Å². The second-order valence-corrected chi connectivity index (χ2v) is 2.29. The fourth-order valence-corrected chi connectivity index (χ4v) is 0.842. The molecule has 0 aromatic heterocycles. The summed E-state index contributed by atoms with van der Waals surface area (Å²) < 4.78 is 17.4. The molecule has 0 heterocycles. The molecule has 0 unspecified atom stereocenters. The lowest BCUT2D eigenvalue weighted by atomic mass is 10.2. The van der Waals surface area contributed by atoms with Gasteiger partial charge in [-0.25, -0.2) is 4.39 Å². The molecule has 0 amide bonds. The van der Waals surface area contributed by atoms with Crippen molar-refractivity contribution in [3.63, 3.8) is 0 Å². The van der Waals surface area contributed by atoms with Crippen LogP contribution in [0.3, 0.4) is 0 Å². The molecule has 2 nitrogen and oxygen atoms in total. The SMILES string of the molecule is C=C(OC)c1cc(F)ccc1O. The van der Waals surface area contributed by atoms with Crippen molar-refractivity contribution in [2.45, 2.75) is 0 Å². The zero-order valence-electron chi connectivity index (χ0n) is 6.67. The molecular weight excluding hydrogens is 159 g/mol. The summed E-state index contributed by atoms with van der Waals surface area (Å²) in [5.41, 5.74) is 0.275. The van der Waals surface area contributed by atoms with Crippen molar-refractivity contribution in [1.82, 2.24) is 0 Å². The minimum absolute atomic E-state index is 0.0387. The van der Waals surface area contributed by atoms with Crippen molar-refractivity contribution < 1.29 is 14.2 Å². The summed E-state index contributed by atoms with van der Waals surface area (Å²) in [6, 6.07) is 3.60. The fourth-order valence-electron chi connectivity index (χ4n) is 0.842. The minimum Gasteiger partial charge on any atom is -0.507 e. The molecule has 1 aromatic rings. The van der Waals surface area contributed by atoms with Crippen molar-refractivity contribution in [2.75, 3.05) is 7.11 Å². The van der Waals surface area contributed by atoms with Crippen molar-refractivity contribution >= 4 is 5.76 Å². The summed E-state index contributed by atoms with van der Waals surface area (Å²) in [7, 11) is 1.41. The van der Waals surface area contributed by atoms with Crippen LogP contribution in [0.1, 0.15) is 5.56 Å². The topological polar surface area (TPSA) is 29.5 Å². The molecule has 64 valence electrons. The fraction of sp³-hybridized carbons (Fsp3) is 0.111. The van der Waals surface area contributed by atoms with Crippen LogP contribution in [0.2, 0.25) is 0 Å². The highest BCUT2D eigenvalue weighted by Gasteiger charge is 2.05. The van der Waals surface area contributed by atoms with Gasteiger partial charge in [-0.1, -0.05) is 6.58 Å². The third-order valence-electron chi connectivity index (χ3n) is 1.51. The van der Waals surface area contributed by atoms with Crippen molar-refractivity contribution in [2.24, 2.45) is 0 Å². The summed E-state index contributed by atoms with van der Waals surface area (Å²) in [4.78, 5) is 0. The zero-order chi connectivity index (χ0) is 9.14. The average Bonchev–Trinajstić information content (AvgIpc) is 2.08. The molecule has 0 aliphatic heterocycles. The van der Waals surface area contributed by atoms with Gasteiger partial charge < -0.3 is 9.84 Å². The first-order chi connectivity index (χ1) is 5.65. The van der Waals surface area contributed by atoms with Crippen LogP contribution in [0.25, 0.3) is 5.76 Å². The van der Waals surface area contributed by atoms with Gasteiger partial charge in [0.1, 0.15) is 17.3 Å². The van der Waals surface area contributed by atoms with Crippen LogP contribution in [0.15, 0.2) is 24.8 Å². The molecule has 0 fully saturated rings. The number of hydrogen-bond acceptors (Lipinski definition) is 2. The van der Waals surface area contributed by atoms with Gasteiger partial charge in [-0.05, 0) is 18.2 Å². The Kier molecular flexibility index (Phi) is 2.33. The molecule has 0 aliphatic carbocycles. The van der Waals surface area contributed by atoms with Gasteiger partial charge in [-0.15, -0.1) is 0 Å². The van der Waals surface area contributed by atoms with Crippen LogP contribution in [0.4, 0.5) is 4.39 Å². The molecule has 0 bridgehead atoms. The molecule has 0 aliphatic rings. The molecule has 0 saturated heterocycles. The maximum Gasteiger partial charge on any atom is 0.126 e. The van der Waals surface area contributed by atoms with Gasteiger partial charge in [0, 0.05) is 0 Å². The van der Waals surface area contributed by atoms with Crippen LogP contribution >= 0.6 is 0 Å². The average molecular weight is 168 g/mol. The van der Waals surface area contributed by atoms with Crippen molar-refractivity contribution in [3.8, 4) is 5.75 Å². The predicted molar refractivity (Wildman–Crippen MR) is 44.1 cm³/mol. The Hall–Kier alpha value is -1.51. The molecule has 12 heavy (non-hydrogen) atoms. The predicted octanol–water partition coefficient (Wildman–Crippen LogP) is 2.15. The summed E-state index contributed by atoms with van der Waals surface area (Å²) >= 11 is 0.